The van der Waals surface area contributed by atoms with E-state index in [1.165, 1.54) is 0 Å². The fraction of sp³-hybridized carbons (Fsp3) is 0.533. The zero-order valence-corrected chi connectivity index (χ0v) is 13.2. The van der Waals surface area contributed by atoms with Crippen LogP contribution < -0.4 is 15.8 Å². The number of ether oxygens (including phenoxy) is 1. The number of rotatable bonds is 7. The molecule has 3 N–H and O–H groups in total. The quantitative estimate of drug-likeness (QED) is 0.812. The molecule has 1 aromatic carbocycles. The third kappa shape index (κ3) is 6.26. The van der Waals surface area contributed by atoms with Crippen LogP contribution in [0.2, 0.25) is 0 Å². The molecule has 0 aliphatic heterocycles. The molecule has 0 radical (unpaired) electrons. The first-order chi connectivity index (χ1) is 9.04. The average Bonchev–Trinajstić information content (AvgIpc) is 2.44. The lowest BCUT2D eigenvalue weighted by atomic mass is 9.99. The number of halogens is 1. The summed E-state index contributed by atoms with van der Waals surface area (Å²) in [6.45, 7) is 6.38. The van der Waals surface area contributed by atoms with Gasteiger partial charge in [0.2, 0.25) is 5.91 Å². The van der Waals surface area contributed by atoms with Gasteiger partial charge in [-0.1, -0.05) is 38.5 Å². The SMILES string of the molecule is CCC(C)C(N)C(=O)NCC(C)Oc1ccccc1.Cl. The summed E-state index contributed by atoms with van der Waals surface area (Å²) in [5, 5.41) is 2.83. The molecule has 114 valence electrons. The van der Waals surface area contributed by atoms with Gasteiger partial charge in [-0.15, -0.1) is 12.4 Å². The van der Waals surface area contributed by atoms with E-state index in [0.717, 1.165) is 12.2 Å². The Morgan fingerprint density at radius 3 is 2.45 bits per heavy atom. The summed E-state index contributed by atoms with van der Waals surface area (Å²) in [4.78, 5) is 11.8. The number of carbonyl (C=O) groups excluding carboxylic acids is 1. The number of hydrogen-bond acceptors (Lipinski definition) is 3. The number of para-hydroxylation sites is 1. The molecule has 4 nitrogen and oxygen atoms in total. The molecular formula is C15H25ClN2O2. The van der Waals surface area contributed by atoms with Crippen LogP contribution in [0.1, 0.15) is 27.2 Å². The van der Waals surface area contributed by atoms with Crippen LogP contribution in [0.15, 0.2) is 30.3 Å². The molecule has 1 amide bonds. The molecule has 0 heterocycles. The highest BCUT2D eigenvalue weighted by molar-refractivity contribution is 5.85. The molecule has 0 aliphatic carbocycles. The van der Waals surface area contributed by atoms with Crippen molar-refractivity contribution in [1.82, 2.24) is 5.32 Å². The molecule has 3 unspecified atom stereocenters. The molecule has 0 fully saturated rings. The Hall–Kier alpha value is -1.26. The molecule has 3 atom stereocenters. The number of nitrogens with one attached hydrogen (secondary N) is 1. The van der Waals surface area contributed by atoms with Crippen molar-refractivity contribution in [1.29, 1.82) is 0 Å². The number of hydrogen-bond donors (Lipinski definition) is 2. The van der Waals surface area contributed by atoms with E-state index in [0.29, 0.717) is 6.54 Å². The lowest BCUT2D eigenvalue weighted by Crippen LogP contribution is -2.46. The van der Waals surface area contributed by atoms with Crippen molar-refractivity contribution in [3.05, 3.63) is 30.3 Å². The lowest BCUT2D eigenvalue weighted by Gasteiger charge is -2.20. The largest absolute Gasteiger partial charge is 0.489 e. The van der Waals surface area contributed by atoms with E-state index in [1.54, 1.807) is 0 Å². The Labute approximate surface area is 127 Å². The van der Waals surface area contributed by atoms with Crippen molar-refractivity contribution in [3.8, 4) is 5.75 Å². The molecule has 0 saturated heterocycles. The van der Waals surface area contributed by atoms with Gasteiger partial charge >= 0.3 is 0 Å². The molecule has 0 aromatic heterocycles. The minimum Gasteiger partial charge on any atom is -0.489 e. The maximum absolute atomic E-state index is 11.8. The van der Waals surface area contributed by atoms with Crippen LogP contribution in [0.25, 0.3) is 0 Å². The van der Waals surface area contributed by atoms with Crippen LogP contribution in [0.4, 0.5) is 0 Å². The molecule has 20 heavy (non-hydrogen) atoms. The smallest absolute Gasteiger partial charge is 0.237 e. The Balaban J connectivity index is 0.00000361. The zero-order valence-electron chi connectivity index (χ0n) is 12.3. The fourth-order valence-electron chi connectivity index (χ4n) is 1.65. The summed E-state index contributed by atoms with van der Waals surface area (Å²) in [7, 11) is 0. The topological polar surface area (TPSA) is 64.4 Å². The van der Waals surface area contributed by atoms with E-state index >= 15 is 0 Å². The van der Waals surface area contributed by atoms with Crippen molar-refractivity contribution >= 4 is 18.3 Å². The number of carbonyl (C=O) groups is 1. The summed E-state index contributed by atoms with van der Waals surface area (Å²) in [5.74, 6) is 0.874. The third-order valence-corrected chi connectivity index (χ3v) is 3.20. The van der Waals surface area contributed by atoms with Gasteiger partial charge in [-0.2, -0.15) is 0 Å². The Kier molecular flexibility index (Phi) is 9.01. The minimum absolute atomic E-state index is 0. The van der Waals surface area contributed by atoms with Gasteiger partial charge in [0.1, 0.15) is 11.9 Å². The summed E-state index contributed by atoms with van der Waals surface area (Å²) >= 11 is 0. The normalized spacial score (nSPS) is 14.6. The molecule has 0 saturated carbocycles. The molecule has 0 bridgehead atoms. The first-order valence-electron chi connectivity index (χ1n) is 6.79. The van der Waals surface area contributed by atoms with Gasteiger partial charge in [0.25, 0.3) is 0 Å². The van der Waals surface area contributed by atoms with Crippen LogP contribution in [-0.4, -0.2) is 24.6 Å². The maximum atomic E-state index is 11.8. The van der Waals surface area contributed by atoms with Crippen LogP contribution >= 0.6 is 12.4 Å². The first-order valence-corrected chi connectivity index (χ1v) is 6.79. The molecule has 0 spiro atoms. The minimum atomic E-state index is -0.450. The number of benzene rings is 1. The van der Waals surface area contributed by atoms with E-state index < -0.39 is 6.04 Å². The van der Waals surface area contributed by atoms with E-state index in [9.17, 15) is 4.79 Å². The van der Waals surface area contributed by atoms with Gasteiger partial charge in [0.05, 0.1) is 12.6 Å². The zero-order chi connectivity index (χ0) is 14.3. The molecular weight excluding hydrogens is 276 g/mol. The Morgan fingerprint density at radius 2 is 1.90 bits per heavy atom. The van der Waals surface area contributed by atoms with Crippen LogP contribution in [0, 0.1) is 5.92 Å². The second kappa shape index (κ2) is 9.61. The number of nitrogens with two attached hydrogens (primary N) is 1. The Morgan fingerprint density at radius 1 is 1.30 bits per heavy atom. The van der Waals surface area contributed by atoms with Crippen LogP contribution in [-0.2, 0) is 4.79 Å². The van der Waals surface area contributed by atoms with Crippen LogP contribution in [0.5, 0.6) is 5.75 Å². The van der Waals surface area contributed by atoms with Gasteiger partial charge < -0.3 is 15.8 Å². The first kappa shape index (κ1) is 18.7. The summed E-state index contributed by atoms with van der Waals surface area (Å²) in [6.07, 6.45) is 0.806. The van der Waals surface area contributed by atoms with Gasteiger partial charge in [-0.3, -0.25) is 4.79 Å². The van der Waals surface area contributed by atoms with E-state index in [2.05, 4.69) is 5.32 Å². The molecule has 1 aromatic rings. The maximum Gasteiger partial charge on any atom is 0.237 e. The van der Waals surface area contributed by atoms with Crippen molar-refractivity contribution in [2.45, 2.75) is 39.3 Å². The Bertz CT molecular complexity index is 387. The predicted molar refractivity (Wildman–Crippen MR) is 84.2 cm³/mol. The molecule has 0 aliphatic rings. The van der Waals surface area contributed by atoms with Crippen molar-refractivity contribution < 1.29 is 9.53 Å². The van der Waals surface area contributed by atoms with E-state index in [4.69, 9.17) is 10.5 Å². The van der Waals surface area contributed by atoms with Gasteiger partial charge in [0.15, 0.2) is 0 Å². The fourth-order valence-corrected chi connectivity index (χ4v) is 1.65. The highest BCUT2D eigenvalue weighted by Crippen LogP contribution is 2.10. The van der Waals surface area contributed by atoms with Gasteiger partial charge in [-0.05, 0) is 25.0 Å². The lowest BCUT2D eigenvalue weighted by molar-refractivity contribution is -0.123. The van der Waals surface area contributed by atoms with Gasteiger partial charge in [-0.25, -0.2) is 0 Å². The average molecular weight is 301 g/mol. The third-order valence-electron chi connectivity index (χ3n) is 3.20. The second-order valence-corrected chi connectivity index (χ2v) is 4.90. The van der Waals surface area contributed by atoms with Crippen molar-refractivity contribution in [2.24, 2.45) is 11.7 Å². The second-order valence-electron chi connectivity index (χ2n) is 4.90. The summed E-state index contributed by atoms with van der Waals surface area (Å²) in [6, 6.07) is 9.10. The highest BCUT2D eigenvalue weighted by atomic mass is 35.5. The standard InChI is InChI=1S/C15H24N2O2.ClH/c1-4-11(2)14(16)15(18)17-10-12(3)19-13-8-6-5-7-9-13;/h5-9,11-12,14H,4,10,16H2,1-3H3,(H,17,18);1H. The molecule has 5 heteroatoms. The predicted octanol–water partition coefficient (Wildman–Crippen LogP) is 2.37. The van der Waals surface area contributed by atoms with Crippen molar-refractivity contribution in [3.63, 3.8) is 0 Å². The van der Waals surface area contributed by atoms with E-state index in [1.807, 2.05) is 51.1 Å². The monoisotopic (exact) mass is 300 g/mol. The number of amides is 1. The summed E-state index contributed by atoms with van der Waals surface area (Å²) in [5.41, 5.74) is 5.86. The van der Waals surface area contributed by atoms with Crippen LogP contribution in [0.3, 0.4) is 0 Å². The van der Waals surface area contributed by atoms with Crippen molar-refractivity contribution in [2.75, 3.05) is 6.54 Å². The molecule has 1 rings (SSSR count). The highest BCUT2D eigenvalue weighted by Gasteiger charge is 2.19. The summed E-state index contributed by atoms with van der Waals surface area (Å²) < 4.78 is 5.68. The van der Waals surface area contributed by atoms with Gasteiger partial charge in [0, 0.05) is 0 Å². The van der Waals surface area contributed by atoms with E-state index in [-0.39, 0.29) is 30.3 Å².